The molecule has 1 amide bonds. The lowest BCUT2D eigenvalue weighted by Crippen LogP contribution is -2.23. The van der Waals surface area contributed by atoms with Crippen LogP contribution in [0.15, 0.2) is 40.6 Å². The van der Waals surface area contributed by atoms with Gasteiger partial charge in [-0.15, -0.1) is 0 Å². The fourth-order valence-electron chi connectivity index (χ4n) is 2.65. The molecule has 0 saturated carbocycles. The fraction of sp³-hybridized carbons (Fsp3) is 0.188. The Morgan fingerprint density at radius 2 is 2.05 bits per heavy atom. The number of dihydropyridines is 1. The van der Waals surface area contributed by atoms with Crippen molar-refractivity contribution in [1.82, 2.24) is 0 Å². The Bertz CT molecular complexity index is 803. The molecule has 4 rings (SSSR count). The molecule has 3 heterocycles. The van der Waals surface area contributed by atoms with Crippen molar-refractivity contribution in [3.8, 4) is 11.5 Å². The van der Waals surface area contributed by atoms with Crippen molar-refractivity contribution in [2.45, 2.75) is 6.92 Å². The molecule has 6 heteroatoms. The summed E-state index contributed by atoms with van der Waals surface area (Å²) in [4.78, 5) is 27.5. The maximum absolute atomic E-state index is 11.9. The second kappa shape index (κ2) is 4.56. The van der Waals surface area contributed by atoms with Gasteiger partial charge in [0.05, 0.1) is 0 Å². The highest BCUT2D eigenvalue weighted by Crippen LogP contribution is 2.37. The van der Waals surface area contributed by atoms with Crippen LogP contribution >= 0.6 is 0 Å². The van der Waals surface area contributed by atoms with E-state index in [0.717, 1.165) is 5.56 Å². The number of allylic oxidation sites excluding steroid dienone is 2. The smallest absolute Gasteiger partial charge is 0.328 e. The van der Waals surface area contributed by atoms with Crippen LogP contribution in [0.25, 0.3) is 6.08 Å². The van der Waals surface area contributed by atoms with Gasteiger partial charge in [0, 0.05) is 11.3 Å². The van der Waals surface area contributed by atoms with E-state index in [1.165, 1.54) is 0 Å². The molecule has 1 fully saturated rings. The molecule has 0 spiro atoms. The predicted molar refractivity (Wildman–Crippen MR) is 76.3 cm³/mol. The van der Waals surface area contributed by atoms with Crippen molar-refractivity contribution in [2.75, 3.05) is 6.79 Å². The number of carbonyl (C=O) groups excluding carboxylic acids is 2. The first-order valence-corrected chi connectivity index (χ1v) is 6.76. The molecule has 1 aromatic carbocycles. The molecular formula is C16H11NO5. The summed E-state index contributed by atoms with van der Waals surface area (Å²) in [6.45, 7) is 1.91. The summed E-state index contributed by atoms with van der Waals surface area (Å²) in [6.07, 6.45) is 3.41. The van der Waals surface area contributed by atoms with Crippen molar-refractivity contribution in [1.29, 1.82) is 0 Å². The third-order valence-electron chi connectivity index (χ3n) is 3.63. The van der Waals surface area contributed by atoms with Gasteiger partial charge in [-0.2, -0.15) is 0 Å². The average Bonchev–Trinajstić information content (AvgIpc) is 3.03. The number of aliphatic imine (C=N–C) groups is 1. The minimum atomic E-state index is -0.941. The third kappa shape index (κ3) is 1.92. The van der Waals surface area contributed by atoms with Crippen molar-refractivity contribution in [3.05, 3.63) is 41.2 Å². The van der Waals surface area contributed by atoms with Crippen LogP contribution in [0.2, 0.25) is 0 Å². The summed E-state index contributed by atoms with van der Waals surface area (Å²) in [5, 5.41) is 0. The first-order chi connectivity index (χ1) is 10.6. The van der Waals surface area contributed by atoms with E-state index >= 15 is 0 Å². The predicted octanol–water partition coefficient (Wildman–Crippen LogP) is 1.86. The van der Waals surface area contributed by atoms with E-state index in [2.05, 4.69) is 4.99 Å². The van der Waals surface area contributed by atoms with Crippen LogP contribution in [0.4, 0.5) is 0 Å². The number of nitrogens with zero attached hydrogens (tertiary/aromatic N) is 1. The molecule has 0 aliphatic carbocycles. The molecule has 110 valence electrons. The number of rotatable bonds is 1. The van der Waals surface area contributed by atoms with E-state index < -0.39 is 17.8 Å². The number of amides is 1. The molecule has 1 aromatic rings. The van der Waals surface area contributed by atoms with Crippen molar-refractivity contribution < 1.29 is 23.8 Å². The van der Waals surface area contributed by atoms with E-state index in [0.29, 0.717) is 28.5 Å². The highest BCUT2D eigenvalue weighted by Gasteiger charge is 2.43. The maximum atomic E-state index is 11.9. The van der Waals surface area contributed by atoms with Crippen LogP contribution < -0.4 is 9.47 Å². The molecular weight excluding hydrogens is 286 g/mol. The van der Waals surface area contributed by atoms with E-state index in [4.69, 9.17) is 14.2 Å². The molecule has 3 aliphatic heterocycles. The van der Waals surface area contributed by atoms with Gasteiger partial charge in [-0.25, -0.2) is 4.99 Å². The van der Waals surface area contributed by atoms with Gasteiger partial charge in [0.1, 0.15) is 5.76 Å². The van der Waals surface area contributed by atoms with Gasteiger partial charge in [-0.1, -0.05) is 6.07 Å². The molecule has 3 aliphatic rings. The number of fused-ring (bicyclic) bond motifs is 2. The highest BCUT2D eigenvalue weighted by molar-refractivity contribution is 6.15. The Balaban J connectivity index is 1.75. The number of ether oxygens (including phenoxy) is 3. The van der Waals surface area contributed by atoms with Crippen molar-refractivity contribution in [3.63, 3.8) is 0 Å². The summed E-state index contributed by atoms with van der Waals surface area (Å²) in [5.74, 6) is -0.311. The Morgan fingerprint density at radius 1 is 1.23 bits per heavy atom. The lowest BCUT2D eigenvalue weighted by Gasteiger charge is -2.09. The van der Waals surface area contributed by atoms with E-state index in [-0.39, 0.29) is 6.79 Å². The number of carbonyl (C=O) groups is 2. The first-order valence-electron chi connectivity index (χ1n) is 6.76. The Hall–Kier alpha value is -2.89. The summed E-state index contributed by atoms with van der Waals surface area (Å²) in [5.41, 5.74) is 1.91. The number of hydrogen-bond acceptors (Lipinski definition) is 5. The number of esters is 1. The van der Waals surface area contributed by atoms with Crippen LogP contribution in [0, 0.1) is 5.92 Å². The number of hydrogen-bond donors (Lipinski definition) is 0. The van der Waals surface area contributed by atoms with E-state index in [1.807, 2.05) is 6.07 Å². The summed E-state index contributed by atoms with van der Waals surface area (Å²) in [6, 6.07) is 5.41. The molecule has 0 bridgehead atoms. The molecule has 1 saturated heterocycles. The molecule has 0 N–H and O–H groups in total. The SMILES string of the molecule is CC1=NC(=O)C2C(=O)OC(=Cc3ccc4c(c3)OCO4)C2=C1. The van der Waals surface area contributed by atoms with Crippen LogP contribution in [0.5, 0.6) is 11.5 Å². The maximum Gasteiger partial charge on any atom is 0.328 e. The molecule has 22 heavy (non-hydrogen) atoms. The van der Waals surface area contributed by atoms with Crippen LogP contribution in [-0.4, -0.2) is 24.4 Å². The van der Waals surface area contributed by atoms with Gasteiger partial charge in [0.2, 0.25) is 6.79 Å². The van der Waals surface area contributed by atoms with Gasteiger partial charge in [0.15, 0.2) is 17.4 Å². The lowest BCUT2D eigenvalue weighted by molar-refractivity contribution is -0.142. The Kier molecular flexibility index (Phi) is 2.66. The largest absolute Gasteiger partial charge is 0.454 e. The van der Waals surface area contributed by atoms with E-state index in [1.54, 1.807) is 31.2 Å². The lowest BCUT2D eigenvalue weighted by atomic mass is 9.95. The fourth-order valence-corrected chi connectivity index (χ4v) is 2.65. The molecule has 0 aromatic heterocycles. The number of benzene rings is 1. The van der Waals surface area contributed by atoms with Crippen molar-refractivity contribution >= 4 is 23.7 Å². The second-order valence-corrected chi connectivity index (χ2v) is 5.17. The second-order valence-electron chi connectivity index (χ2n) is 5.17. The van der Waals surface area contributed by atoms with Crippen LogP contribution in [0.1, 0.15) is 12.5 Å². The van der Waals surface area contributed by atoms with Gasteiger partial charge in [0.25, 0.3) is 5.91 Å². The van der Waals surface area contributed by atoms with Gasteiger partial charge >= 0.3 is 5.97 Å². The summed E-state index contributed by atoms with van der Waals surface area (Å²) < 4.78 is 15.8. The Labute approximate surface area is 125 Å². The molecule has 6 nitrogen and oxygen atoms in total. The van der Waals surface area contributed by atoms with Crippen LogP contribution in [-0.2, 0) is 14.3 Å². The quantitative estimate of drug-likeness (QED) is 0.584. The topological polar surface area (TPSA) is 74.2 Å². The first kappa shape index (κ1) is 12.8. The number of cyclic esters (lactones) is 1. The van der Waals surface area contributed by atoms with Crippen LogP contribution in [0.3, 0.4) is 0 Å². The average molecular weight is 297 g/mol. The monoisotopic (exact) mass is 297 g/mol. The van der Waals surface area contributed by atoms with Gasteiger partial charge in [-0.05, 0) is 36.8 Å². The van der Waals surface area contributed by atoms with E-state index in [9.17, 15) is 9.59 Å². The normalized spacial score (nSPS) is 24.0. The van der Waals surface area contributed by atoms with Gasteiger partial charge in [-0.3, -0.25) is 9.59 Å². The third-order valence-corrected chi connectivity index (χ3v) is 3.63. The molecule has 1 atom stereocenters. The highest BCUT2D eigenvalue weighted by atomic mass is 16.7. The summed E-state index contributed by atoms with van der Waals surface area (Å²) >= 11 is 0. The minimum absolute atomic E-state index is 0.196. The summed E-state index contributed by atoms with van der Waals surface area (Å²) in [7, 11) is 0. The van der Waals surface area contributed by atoms with Gasteiger partial charge < -0.3 is 14.2 Å². The minimum Gasteiger partial charge on any atom is -0.454 e. The Morgan fingerprint density at radius 3 is 2.91 bits per heavy atom. The molecule has 1 unspecified atom stereocenters. The zero-order valence-electron chi connectivity index (χ0n) is 11.7. The zero-order chi connectivity index (χ0) is 15.3. The standard InChI is InChI=1S/C16H11NO5/c1-8-4-10-12(22-16(19)14(10)15(18)17-8)5-9-2-3-11-13(6-9)21-7-20-11/h2-6,14H,7H2,1H3. The zero-order valence-corrected chi connectivity index (χ0v) is 11.7. The molecule has 0 radical (unpaired) electrons. The van der Waals surface area contributed by atoms with Crippen molar-refractivity contribution in [2.24, 2.45) is 10.9 Å².